The van der Waals surface area contributed by atoms with Crippen LogP contribution in [0, 0.1) is 5.82 Å². The highest BCUT2D eigenvalue weighted by atomic mass is 35.5. The van der Waals surface area contributed by atoms with Crippen LogP contribution in [-0.4, -0.2) is 25.7 Å². The Morgan fingerprint density at radius 3 is 2.85 bits per heavy atom. The first-order valence-corrected chi connectivity index (χ1v) is 8.11. The number of halogens is 2. The Hall–Kier alpha value is -3.46. The van der Waals surface area contributed by atoms with Crippen LogP contribution in [-0.2, 0) is 11.8 Å². The molecule has 0 spiro atoms. The van der Waals surface area contributed by atoms with E-state index < -0.39 is 11.7 Å². The number of anilines is 5. The number of carbonyl (C=O) groups excluding carboxylic acids is 1. The quantitative estimate of drug-likeness (QED) is 0.559. The Kier molecular flexibility index (Phi) is 5.32. The number of hydrogen-bond acceptors (Lipinski definition) is 6. The maximum Gasteiger partial charge on any atom is 0.247 e. The van der Waals surface area contributed by atoms with Crippen LogP contribution < -0.4 is 16.0 Å². The molecule has 3 N–H and O–H groups in total. The average molecular weight is 388 g/mol. The lowest BCUT2D eigenvalue weighted by Gasteiger charge is -2.11. The van der Waals surface area contributed by atoms with Gasteiger partial charge < -0.3 is 16.0 Å². The number of rotatable bonds is 6. The zero-order valence-corrected chi connectivity index (χ0v) is 15.0. The third kappa shape index (κ3) is 4.59. The molecule has 0 aliphatic heterocycles. The fraction of sp³-hybridized carbons (Fsp3) is 0.0588. The number of nitrogens with one attached hydrogen (secondary N) is 3. The van der Waals surface area contributed by atoms with Crippen LogP contribution in [0.4, 0.5) is 33.3 Å². The van der Waals surface area contributed by atoms with Gasteiger partial charge in [-0.1, -0.05) is 18.2 Å². The van der Waals surface area contributed by atoms with Crippen LogP contribution in [0.15, 0.2) is 49.3 Å². The second-order valence-electron chi connectivity index (χ2n) is 5.40. The number of aryl methyl sites for hydroxylation is 1. The number of benzene rings is 1. The van der Waals surface area contributed by atoms with Crippen LogP contribution >= 0.6 is 11.6 Å². The molecule has 3 aromatic rings. The van der Waals surface area contributed by atoms with Crippen molar-refractivity contribution in [2.45, 2.75) is 0 Å². The van der Waals surface area contributed by atoms with Crippen molar-refractivity contribution < 1.29 is 9.18 Å². The monoisotopic (exact) mass is 387 g/mol. The van der Waals surface area contributed by atoms with Gasteiger partial charge in [0.2, 0.25) is 11.9 Å². The van der Waals surface area contributed by atoms with Crippen LogP contribution in [0.5, 0.6) is 0 Å². The van der Waals surface area contributed by atoms with Crippen molar-refractivity contribution in [2.24, 2.45) is 7.05 Å². The van der Waals surface area contributed by atoms with Gasteiger partial charge in [-0.15, -0.1) is 0 Å². The fourth-order valence-corrected chi connectivity index (χ4v) is 2.27. The van der Waals surface area contributed by atoms with E-state index in [2.05, 4.69) is 37.6 Å². The summed E-state index contributed by atoms with van der Waals surface area (Å²) in [6.45, 7) is 3.37. The molecular weight excluding hydrogens is 373 g/mol. The summed E-state index contributed by atoms with van der Waals surface area (Å²) >= 11 is 6.11. The number of aromatic nitrogens is 4. The molecule has 138 valence electrons. The Morgan fingerprint density at radius 1 is 1.33 bits per heavy atom. The van der Waals surface area contributed by atoms with E-state index in [-0.39, 0.29) is 22.5 Å². The smallest absolute Gasteiger partial charge is 0.247 e. The van der Waals surface area contributed by atoms with Crippen molar-refractivity contribution in [3.8, 4) is 0 Å². The zero-order chi connectivity index (χ0) is 19.4. The molecule has 0 bridgehead atoms. The molecular formula is C17H15ClFN7O. The van der Waals surface area contributed by atoms with Gasteiger partial charge in [-0.2, -0.15) is 10.1 Å². The van der Waals surface area contributed by atoms with Crippen molar-refractivity contribution in [1.29, 1.82) is 0 Å². The minimum Gasteiger partial charge on any atom is -0.336 e. The van der Waals surface area contributed by atoms with Gasteiger partial charge in [-0.05, 0) is 24.3 Å². The first kappa shape index (κ1) is 18.3. The third-order valence-corrected chi connectivity index (χ3v) is 3.65. The Balaban J connectivity index is 1.84. The van der Waals surface area contributed by atoms with Crippen LogP contribution in [0.2, 0.25) is 5.02 Å². The lowest BCUT2D eigenvalue weighted by Crippen LogP contribution is -2.08. The van der Waals surface area contributed by atoms with E-state index in [9.17, 15) is 9.18 Å². The second kappa shape index (κ2) is 7.83. The Morgan fingerprint density at radius 2 is 2.15 bits per heavy atom. The second-order valence-corrected chi connectivity index (χ2v) is 5.81. The third-order valence-electron chi connectivity index (χ3n) is 3.37. The van der Waals surface area contributed by atoms with Crippen molar-refractivity contribution >= 4 is 46.5 Å². The predicted molar refractivity (Wildman–Crippen MR) is 102 cm³/mol. The molecule has 0 saturated heterocycles. The molecule has 0 aliphatic rings. The van der Waals surface area contributed by atoms with Gasteiger partial charge >= 0.3 is 0 Å². The van der Waals surface area contributed by atoms with E-state index in [1.165, 1.54) is 24.4 Å². The largest absolute Gasteiger partial charge is 0.336 e. The van der Waals surface area contributed by atoms with Gasteiger partial charge in [0.1, 0.15) is 10.8 Å². The predicted octanol–water partition coefficient (Wildman–Crippen LogP) is 3.61. The fourth-order valence-electron chi connectivity index (χ4n) is 2.13. The maximum atomic E-state index is 14.1. The molecule has 0 unspecified atom stereocenters. The van der Waals surface area contributed by atoms with Crippen LogP contribution in [0.1, 0.15) is 0 Å². The highest BCUT2D eigenvalue weighted by Gasteiger charge is 2.11. The van der Waals surface area contributed by atoms with Crippen molar-refractivity contribution in [3.63, 3.8) is 0 Å². The molecule has 2 heterocycles. The summed E-state index contributed by atoms with van der Waals surface area (Å²) < 4.78 is 15.8. The average Bonchev–Trinajstić information content (AvgIpc) is 3.05. The molecule has 0 aliphatic carbocycles. The molecule has 0 radical (unpaired) electrons. The summed E-state index contributed by atoms with van der Waals surface area (Å²) in [5.74, 6) is 0.0226. The lowest BCUT2D eigenvalue weighted by molar-refractivity contribution is -0.111. The number of hydrogen-bond donors (Lipinski definition) is 3. The normalized spacial score (nSPS) is 10.3. The van der Waals surface area contributed by atoms with Crippen LogP contribution in [0.3, 0.4) is 0 Å². The SMILES string of the molecule is C=CC(=O)Nc1ccc(F)c(Nc2nc(Nc3ccn(C)n3)ncc2Cl)c1. The first-order chi connectivity index (χ1) is 12.9. The molecule has 0 atom stereocenters. The minimum atomic E-state index is -0.541. The molecule has 0 saturated carbocycles. The number of carbonyl (C=O) groups is 1. The Bertz CT molecular complexity index is 1000. The maximum absolute atomic E-state index is 14.1. The van der Waals surface area contributed by atoms with Gasteiger partial charge in [-0.3, -0.25) is 9.48 Å². The summed E-state index contributed by atoms with van der Waals surface area (Å²) in [5.41, 5.74) is 0.474. The first-order valence-electron chi connectivity index (χ1n) is 7.74. The standard InChI is InChI=1S/C17H15ClFN7O/c1-3-15(27)21-10-4-5-12(19)13(8-10)22-16-11(18)9-20-17(24-16)23-14-6-7-26(2)25-14/h3-9H,1H2,2H3,(H,21,27)(H2,20,22,23,24,25). The topological polar surface area (TPSA) is 96.8 Å². The Labute approximate surface area is 159 Å². The van der Waals surface area contributed by atoms with Crippen molar-refractivity contribution in [1.82, 2.24) is 19.7 Å². The minimum absolute atomic E-state index is 0.0845. The van der Waals surface area contributed by atoms with E-state index in [0.29, 0.717) is 11.5 Å². The molecule has 3 rings (SSSR count). The van der Waals surface area contributed by atoms with E-state index in [4.69, 9.17) is 11.6 Å². The molecule has 27 heavy (non-hydrogen) atoms. The highest BCUT2D eigenvalue weighted by Crippen LogP contribution is 2.28. The molecule has 1 amide bonds. The highest BCUT2D eigenvalue weighted by molar-refractivity contribution is 6.32. The molecule has 10 heteroatoms. The molecule has 1 aromatic carbocycles. The summed E-state index contributed by atoms with van der Waals surface area (Å²) in [6.07, 6.45) is 4.26. The van der Waals surface area contributed by atoms with E-state index in [0.717, 1.165) is 6.08 Å². The summed E-state index contributed by atoms with van der Waals surface area (Å²) in [5, 5.41) is 12.6. The van der Waals surface area contributed by atoms with Crippen molar-refractivity contribution in [2.75, 3.05) is 16.0 Å². The van der Waals surface area contributed by atoms with Crippen molar-refractivity contribution in [3.05, 3.63) is 60.2 Å². The zero-order valence-electron chi connectivity index (χ0n) is 14.2. The summed E-state index contributed by atoms with van der Waals surface area (Å²) in [6, 6.07) is 5.80. The van der Waals surface area contributed by atoms with Gasteiger partial charge in [-0.25, -0.2) is 9.37 Å². The van der Waals surface area contributed by atoms with E-state index in [1.807, 2.05) is 0 Å². The van der Waals surface area contributed by atoms with Gasteiger partial charge in [0, 0.05) is 25.0 Å². The van der Waals surface area contributed by atoms with E-state index >= 15 is 0 Å². The van der Waals surface area contributed by atoms with Crippen LogP contribution in [0.25, 0.3) is 0 Å². The van der Waals surface area contributed by atoms with Gasteiger partial charge in [0.25, 0.3) is 0 Å². The summed E-state index contributed by atoms with van der Waals surface area (Å²) in [4.78, 5) is 19.7. The molecule has 0 fully saturated rings. The molecule has 2 aromatic heterocycles. The van der Waals surface area contributed by atoms with Gasteiger partial charge in [0.15, 0.2) is 11.6 Å². The molecule has 8 nitrogen and oxygen atoms in total. The van der Waals surface area contributed by atoms with Gasteiger partial charge in [0.05, 0.1) is 11.9 Å². The summed E-state index contributed by atoms with van der Waals surface area (Å²) in [7, 11) is 1.78. The number of amides is 1. The lowest BCUT2D eigenvalue weighted by atomic mass is 10.2. The number of nitrogens with zero attached hydrogens (tertiary/aromatic N) is 4. The van der Waals surface area contributed by atoms with E-state index in [1.54, 1.807) is 24.0 Å².